The maximum Gasteiger partial charge on any atom is 0.257 e. The highest BCUT2D eigenvalue weighted by molar-refractivity contribution is 5.77. The van der Waals surface area contributed by atoms with Crippen LogP contribution < -0.4 is 15.1 Å². The van der Waals surface area contributed by atoms with Gasteiger partial charge in [-0.15, -0.1) is 0 Å². The van der Waals surface area contributed by atoms with Crippen LogP contribution in [0, 0.1) is 5.92 Å². The Balaban J connectivity index is 1.66. The number of nitrogens with zero attached hydrogens (tertiary/aromatic N) is 2. The fourth-order valence-electron chi connectivity index (χ4n) is 3.71. The number of piperazine rings is 1. The summed E-state index contributed by atoms with van der Waals surface area (Å²) in [5.41, 5.74) is 5.05. The molecule has 3 rings (SSSR count). The van der Waals surface area contributed by atoms with E-state index in [4.69, 9.17) is 9.57 Å². The Morgan fingerprint density at radius 1 is 1.10 bits per heavy atom. The molecular weight excluding hydrogens is 378 g/mol. The van der Waals surface area contributed by atoms with Gasteiger partial charge in [0.1, 0.15) is 5.75 Å². The van der Waals surface area contributed by atoms with Gasteiger partial charge in [0.2, 0.25) is 0 Å². The van der Waals surface area contributed by atoms with Crippen molar-refractivity contribution in [2.75, 3.05) is 44.8 Å². The molecular formula is C24H33N3O3. The standard InChI is InChI=1S/C24H33N3O3/c1-19(2)18-30-25-24(28)17-27-14-13-26(21-9-11-23(29-3)12-10-21)16-22(27)15-20-7-5-4-6-8-20/h4-12,19,22H,13-18H2,1-3H3,(H,25,28). The molecule has 6 heteroatoms. The number of rotatable bonds is 9. The number of nitrogens with one attached hydrogen (secondary N) is 1. The fraction of sp³-hybridized carbons (Fsp3) is 0.458. The number of methoxy groups -OCH3 is 1. The minimum atomic E-state index is -0.0911. The van der Waals surface area contributed by atoms with Crippen molar-refractivity contribution in [2.24, 2.45) is 5.92 Å². The van der Waals surface area contributed by atoms with E-state index in [-0.39, 0.29) is 11.9 Å². The highest BCUT2D eigenvalue weighted by atomic mass is 16.7. The molecule has 0 saturated carbocycles. The Morgan fingerprint density at radius 2 is 1.83 bits per heavy atom. The number of anilines is 1. The van der Waals surface area contributed by atoms with Crippen LogP contribution in [0.5, 0.6) is 5.75 Å². The van der Waals surface area contributed by atoms with Crippen LogP contribution in [0.15, 0.2) is 54.6 Å². The van der Waals surface area contributed by atoms with E-state index in [9.17, 15) is 4.79 Å². The third-order valence-corrected chi connectivity index (χ3v) is 5.31. The molecule has 1 saturated heterocycles. The van der Waals surface area contributed by atoms with E-state index in [2.05, 4.69) is 65.5 Å². The van der Waals surface area contributed by atoms with Gasteiger partial charge in [-0.1, -0.05) is 44.2 Å². The third kappa shape index (κ3) is 6.47. The van der Waals surface area contributed by atoms with E-state index in [1.165, 1.54) is 11.3 Å². The molecule has 0 aliphatic carbocycles. The second kappa shape index (κ2) is 11.0. The zero-order valence-electron chi connectivity index (χ0n) is 18.2. The van der Waals surface area contributed by atoms with E-state index in [0.717, 1.165) is 31.8 Å². The number of hydroxylamine groups is 1. The second-order valence-electron chi connectivity index (χ2n) is 8.19. The van der Waals surface area contributed by atoms with Crippen molar-refractivity contribution in [1.82, 2.24) is 10.4 Å². The molecule has 1 amide bonds. The minimum absolute atomic E-state index is 0.0911. The summed E-state index contributed by atoms with van der Waals surface area (Å²) in [6.45, 7) is 7.53. The van der Waals surface area contributed by atoms with Crippen LogP contribution in [0.25, 0.3) is 0 Å². The number of carbonyl (C=O) groups excluding carboxylic acids is 1. The van der Waals surface area contributed by atoms with Crippen molar-refractivity contribution in [3.8, 4) is 5.75 Å². The summed E-state index contributed by atoms with van der Waals surface area (Å²) in [4.78, 5) is 22.4. The lowest BCUT2D eigenvalue weighted by Gasteiger charge is -2.42. The first-order valence-corrected chi connectivity index (χ1v) is 10.6. The summed E-state index contributed by atoms with van der Waals surface area (Å²) in [5, 5.41) is 0. The summed E-state index contributed by atoms with van der Waals surface area (Å²) in [6, 6.07) is 18.9. The highest BCUT2D eigenvalue weighted by Crippen LogP contribution is 2.23. The summed E-state index contributed by atoms with van der Waals surface area (Å²) in [5.74, 6) is 1.15. The molecule has 0 radical (unpaired) electrons. The quantitative estimate of drug-likeness (QED) is 0.643. The lowest BCUT2D eigenvalue weighted by Crippen LogP contribution is -2.56. The molecule has 0 bridgehead atoms. The second-order valence-corrected chi connectivity index (χ2v) is 8.19. The van der Waals surface area contributed by atoms with E-state index >= 15 is 0 Å². The maximum absolute atomic E-state index is 12.4. The summed E-state index contributed by atoms with van der Waals surface area (Å²) in [7, 11) is 1.68. The fourth-order valence-corrected chi connectivity index (χ4v) is 3.71. The lowest BCUT2D eigenvalue weighted by molar-refractivity contribution is -0.136. The molecule has 30 heavy (non-hydrogen) atoms. The van der Waals surface area contributed by atoms with Gasteiger partial charge in [0.25, 0.3) is 5.91 Å². The number of hydrogen-bond acceptors (Lipinski definition) is 5. The first-order valence-electron chi connectivity index (χ1n) is 10.6. The molecule has 6 nitrogen and oxygen atoms in total. The first-order chi connectivity index (χ1) is 14.5. The van der Waals surface area contributed by atoms with E-state index < -0.39 is 0 Å². The maximum atomic E-state index is 12.4. The normalized spacial score (nSPS) is 17.2. The molecule has 162 valence electrons. The van der Waals surface area contributed by atoms with Crippen LogP contribution in [-0.4, -0.2) is 56.7 Å². The van der Waals surface area contributed by atoms with Gasteiger partial charge in [-0.25, -0.2) is 5.48 Å². The molecule has 1 aliphatic rings. The average Bonchev–Trinajstić information content (AvgIpc) is 2.75. The van der Waals surface area contributed by atoms with Gasteiger partial charge in [-0.2, -0.15) is 0 Å². The molecule has 0 spiro atoms. The zero-order valence-corrected chi connectivity index (χ0v) is 18.2. The Kier molecular flexibility index (Phi) is 8.11. The minimum Gasteiger partial charge on any atom is -0.497 e. The van der Waals surface area contributed by atoms with Gasteiger partial charge in [0.15, 0.2) is 0 Å². The molecule has 1 unspecified atom stereocenters. The Bertz CT molecular complexity index is 780. The van der Waals surface area contributed by atoms with Crippen molar-refractivity contribution < 1.29 is 14.4 Å². The molecule has 1 heterocycles. The number of hydrogen-bond donors (Lipinski definition) is 1. The van der Waals surface area contributed by atoms with Crippen LogP contribution in [0.4, 0.5) is 5.69 Å². The number of amides is 1. The van der Waals surface area contributed by atoms with Crippen molar-refractivity contribution in [1.29, 1.82) is 0 Å². The van der Waals surface area contributed by atoms with E-state index in [0.29, 0.717) is 19.1 Å². The summed E-state index contributed by atoms with van der Waals surface area (Å²) < 4.78 is 5.28. The average molecular weight is 412 g/mol. The molecule has 1 atom stereocenters. The van der Waals surface area contributed by atoms with Gasteiger partial charge in [-0.3, -0.25) is 14.5 Å². The van der Waals surface area contributed by atoms with Crippen molar-refractivity contribution in [3.63, 3.8) is 0 Å². The van der Waals surface area contributed by atoms with Gasteiger partial charge in [-0.05, 0) is 42.2 Å². The lowest BCUT2D eigenvalue weighted by atomic mass is 10.0. The van der Waals surface area contributed by atoms with Crippen LogP contribution >= 0.6 is 0 Å². The van der Waals surface area contributed by atoms with Crippen LogP contribution in [0.3, 0.4) is 0 Å². The monoisotopic (exact) mass is 411 g/mol. The van der Waals surface area contributed by atoms with E-state index in [1.54, 1.807) is 7.11 Å². The third-order valence-electron chi connectivity index (χ3n) is 5.31. The van der Waals surface area contributed by atoms with Gasteiger partial charge in [0.05, 0.1) is 20.3 Å². The number of benzene rings is 2. The Labute approximate surface area is 179 Å². The topological polar surface area (TPSA) is 54.0 Å². The van der Waals surface area contributed by atoms with Gasteiger partial charge in [0, 0.05) is 31.4 Å². The first kappa shape index (κ1) is 22.1. The van der Waals surface area contributed by atoms with Crippen molar-refractivity contribution in [3.05, 3.63) is 60.2 Å². The molecule has 0 aromatic heterocycles. The van der Waals surface area contributed by atoms with Gasteiger partial charge < -0.3 is 9.64 Å². The van der Waals surface area contributed by atoms with Crippen molar-refractivity contribution in [2.45, 2.75) is 26.3 Å². The molecule has 1 N–H and O–H groups in total. The van der Waals surface area contributed by atoms with Crippen molar-refractivity contribution >= 4 is 11.6 Å². The number of carbonyl (C=O) groups is 1. The predicted octanol–water partition coefficient (Wildman–Crippen LogP) is 3.13. The van der Waals surface area contributed by atoms with Crippen LogP contribution in [0.1, 0.15) is 19.4 Å². The molecule has 2 aromatic rings. The van der Waals surface area contributed by atoms with Gasteiger partial charge >= 0.3 is 0 Å². The predicted molar refractivity (Wildman–Crippen MR) is 120 cm³/mol. The summed E-state index contributed by atoms with van der Waals surface area (Å²) in [6.07, 6.45) is 0.896. The Morgan fingerprint density at radius 3 is 2.50 bits per heavy atom. The SMILES string of the molecule is COc1ccc(N2CCN(CC(=O)NOCC(C)C)C(Cc3ccccc3)C2)cc1. The van der Waals surface area contributed by atoms with E-state index in [1.807, 2.05) is 18.2 Å². The smallest absolute Gasteiger partial charge is 0.257 e. The zero-order chi connectivity index (χ0) is 21.3. The Hall–Kier alpha value is -2.57. The largest absolute Gasteiger partial charge is 0.497 e. The molecule has 1 aliphatic heterocycles. The molecule has 2 aromatic carbocycles. The van der Waals surface area contributed by atoms with Crippen LogP contribution in [0.2, 0.25) is 0 Å². The summed E-state index contributed by atoms with van der Waals surface area (Å²) >= 11 is 0. The van der Waals surface area contributed by atoms with Crippen LogP contribution in [-0.2, 0) is 16.1 Å². The highest BCUT2D eigenvalue weighted by Gasteiger charge is 2.29. The number of ether oxygens (including phenoxy) is 1. The molecule has 1 fully saturated rings.